The number of carbonyl (C=O) groups excluding carboxylic acids is 2. The van der Waals surface area contributed by atoms with Gasteiger partial charge in [-0.1, -0.05) is 0 Å². The Morgan fingerprint density at radius 3 is 2.67 bits per heavy atom. The molecule has 3 heterocycles. The molecule has 2 amide bonds. The maximum absolute atomic E-state index is 12.9. The van der Waals surface area contributed by atoms with E-state index in [1.807, 2.05) is 37.8 Å². The van der Waals surface area contributed by atoms with Gasteiger partial charge in [-0.25, -0.2) is 4.79 Å². The van der Waals surface area contributed by atoms with Gasteiger partial charge in [-0.05, 0) is 51.3 Å². The molecule has 2 saturated heterocycles. The minimum absolute atomic E-state index is 0.0213. The zero-order valence-corrected chi connectivity index (χ0v) is 18.2. The van der Waals surface area contributed by atoms with Gasteiger partial charge in [0.25, 0.3) is 0 Å². The molecule has 2 fully saturated rings. The number of hydrogen-bond donors (Lipinski definition) is 0. The number of nitrogens with zero attached hydrogens (tertiary/aromatic N) is 3. The van der Waals surface area contributed by atoms with Crippen LogP contribution in [-0.4, -0.2) is 77.9 Å². The van der Waals surface area contributed by atoms with Crippen LogP contribution < -0.4 is 0 Å². The lowest BCUT2D eigenvalue weighted by molar-refractivity contribution is -0.137. The molecule has 2 unspecified atom stereocenters. The molecular formula is C22H33N3O5. The fourth-order valence-electron chi connectivity index (χ4n) is 3.74. The van der Waals surface area contributed by atoms with Gasteiger partial charge in [0.15, 0.2) is 0 Å². The number of carbonyl (C=O) groups is 2. The predicted octanol–water partition coefficient (Wildman–Crippen LogP) is 2.79. The van der Waals surface area contributed by atoms with Crippen molar-refractivity contribution in [2.75, 3.05) is 39.5 Å². The van der Waals surface area contributed by atoms with Crippen molar-refractivity contribution in [2.24, 2.45) is 0 Å². The Hall–Kier alpha value is -2.19. The molecule has 8 heteroatoms. The third kappa shape index (κ3) is 6.40. The summed E-state index contributed by atoms with van der Waals surface area (Å²) < 4.78 is 16.7. The molecule has 0 saturated carbocycles. The van der Waals surface area contributed by atoms with Crippen LogP contribution in [0.1, 0.15) is 51.6 Å². The number of ether oxygens (including phenoxy) is 3. The van der Waals surface area contributed by atoms with Gasteiger partial charge in [0, 0.05) is 38.6 Å². The maximum atomic E-state index is 12.9. The van der Waals surface area contributed by atoms with E-state index in [9.17, 15) is 9.59 Å². The van der Waals surface area contributed by atoms with Gasteiger partial charge < -0.3 is 24.0 Å². The Kier molecular flexibility index (Phi) is 7.66. The molecule has 0 aromatic carbocycles. The van der Waals surface area contributed by atoms with Gasteiger partial charge in [0.05, 0.1) is 31.8 Å². The van der Waals surface area contributed by atoms with E-state index in [1.54, 1.807) is 17.3 Å². The van der Waals surface area contributed by atoms with Gasteiger partial charge in [0.2, 0.25) is 5.91 Å². The van der Waals surface area contributed by atoms with E-state index in [4.69, 9.17) is 14.2 Å². The average Bonchev–Trinajstić information content (AvgIpc) is 3.23. The first kappa shape index (κ1) is 22.5. The Morgan fingerprint density at radius 1 is 1.23 bits per heavy atom. The summed E-state index contributed by atoms with van der Waals surface area (Å²) in [6.07, 6.45) is 5.61. The lowest BCUT2D eigenvalue weighted by Crippen LogP contribution is -2.53. The van der Waals surface area contributed by atoms with Gasteiger partial charge in [-0.15, -0.1) is 0 Å². The highest BCUT2D eigenvalue weighted by Crippen LogP contribution is 2.27. The topological polar surface area (TPSA) is 81.2 Å². The highest BCUT2D eigenvalue weighted by atomic mass is 16.6. The quantitative estimate of drug-likeness (QED) is 0.660. The Bertz CT molecular complexity index is 700. The number of hydrogen-bond acceptors (Lipinski definition) is 6. The molecule has 0 N–H and O–H groups in total. The summed E-state index contributed by atoms with van der Waals surface area (Å²) in [5.41, 5.74) is 0.392. The van der Waals surface area contributed by atoms with Crippen LogP contribution >= 0.6 is 0 Å². The Labute approximate surface area is 178 Å². The van der Waals surface area contributed by atoms with Crippen LogP contribution in [0.4, 0.5) is 4.79 Å². The summed E-state index contributed by atoms with van der Waals surface area (Å²) in [6.45, 7) is 8.53. The van der Waals surface area contributed by atoms with Gasteiger partial charge in [-0.3, -0.25) is 9.78 Å². The Morgan fingerprint density at radius 2 is 2.00 bits per heavy atom. The average molecular weight is 420 g/mol. The Balaban J connectivity index is 1.59. The molecule has 1 aromatic rings. The zero-order valence-electron chi connectivity index (χ0n) is 18.2. The highest BCUT2D eigenvalue weighted by Gasteiger charge is 2.35. The van der Waals surface area contributed by atoms with Crippen molar-refractivity contribution in [1.82, 2.24) is 14.8 Å². The van der Waals surface area contributed by atoms with E-state index < -0.39 is 5.60 Å². The van der Waals surface area contributed by atoms with E-state index in [0.29, 0.717) is 39.3 Å². The minimum Gasteiger partial charge on any atom is -0.444 e. The van der Waals surface area contributed by atoms with Crippen molar-refractivity contribution >= 4 is 12.0 Å². The predicted molar refractivity (Wildman–Crippen MR) is 111 cm³/mol. The second-order valence-corrected chi connectivity index (χ2v) is 8.77. The van der Waals surface area contributed by atoms with E-state index in [0.717, 1.165) is 25.0 Å². The first-order chi connectivity index (χ1) is 14.3. The monoisotopic (exact) mass is 419 g/mol. The molecule has 30 heavy (non-hydrogen) atoms. The van der Waals surface area contributed by atoms with Crippen LogP contribution in [0.25, 0.3) is 0 Å². The summed E-state index contributed by atoms with van der Waals surface area (Å²) in [4.78, 5) is 33.1. The third-order valence-corrected chi connectivity index (χ3v) is 5.23. The number of pyridine rings is 1. The van der Waals surface area contributed by atoms with E-state index in [-0.39, 0.29) is 24.1 Å². The third-order valence-electron chi connectivity index (χ3n) is 5.23. The lowest BCUT2D eigenvalue weighted by Gasteiger charge is -2.42. The summed E-state index contributed by atoms with van der Waals surface area (Å²) >= 11 is 0. The number of piperazine rings is 1. The number of aromatic nitrogens is 1. The first-order valence-electron chi connectivity index (χ1n) is 10.7. The molecule has 8 nitrogen and oxygen atoms in total. The van der Waals surface area contributed by atoms with E-state index >= 15 is 0 Å². The molecule has 0 bridgehead atoms. The maximum Gasteiger partial charge on any atom is 0.410 e. The van der Waals surface area contributed by atoms with Crippen molar-refractivity contribution in [3.63, 3.8) is 0 Å². The van der Waals surface area contributed by atoms with E-state index in [1.165, 1.54) is 0 Å². The normalized spacial score (nSPS) is 22.2. The molecule has 1 aromatic heterocycles. The fourth-order valence-corrected chi connectivity index (χ4v) is 3.74. The molecule has 166 valence electrons. The summed E-state index contributed by atoms with van der Waals surface area (Å²) in [7, 11) is 0. The van der Waals surface area contributed by atoms with Crippen LogP contribution in [-0.2, 0) is 19.0 Å². The molecule has 0 aliphatic carbocycles. The van der Waals surface area contributed by atoms with Gasteiger partial charge in [-0.2, -0.15) is 0 Å². The fraction of sp³-hybridized carbons (Fsp3) is 0.682. The first-order valence-corrected chi connectivity index (χ1v) is 10.7. The summed E-state index contributed by atoms with van der Waals surface area (Å²) in [5.74, 6) is 0.0213. The van der Waals surface area contributed by atoms with Crippen molar-refractivity contribution in [1.29, 1.82) is 0 Å². The standard InChI is InChI=1S/C22H33N3O5/c1-22(2,3)30-21(27)24-11-12-25(19(15-24)17-6-9-23-10-7-17)20(26)8-14-28-16-18-5-4-13-29-18/h6-7,9-10,18-19H,4-5,8,11-16H2,1-3H3. The second kappa shape index (κ2) is 10.2. The van der Waals surface area contributed by atoms with Gasteiger partial charge in [0.1, 0.15) is 5.60 Å². The van der Waals surface area contributed by atoms with Crippen LogP contribution in [0.5, 0.6) is 0 Å². The summed E-state index contributed by atoms with van der Waals surface area (Å²) in [6, 6.07) is 3.54. The van der Waals surface area contributed by atoms with Crippen molar-refractivity contribution < 1.29 is 23.8 Å². The molecule has 0 radical (unpaired) electrons. The molecule has 0 spiro atoms. The van der Waals surface area contributed by atoms with E-state index in [2.05, 4.69) is 4.98 Å². The van der Waals surface area contributed by atoms with Crippen LogP contribution in [0.3, 0.4) is 0 Å². The molecule has 2 atom stereocenters. The molecular weight excluding hydrogens is 386 g/mol. The van der Waals surface area contributed by atoms with Crippen LogP contribution in [0.15, 0.2) is 24.5 Å². The zero-order chi connectivity index (χ0) is 21.6. The van der Waals surface area contributed by atoms with Crippen molar-refractivity contribution in [3.8, 4) is 0 Å². The van der Waals surface area contributed by atoms with Gasteiger partial charge >= 0.3 is 6.09 Å². The molecule has 2 aliphatic heterocycles. The van der Waals surface area contributed by atoms with Crippen LogP contribution in [0.2, 0.25) is 0 Å². The highest BCUT2D eigenvalue weighted by molar-refractivity contribution is 5.77. The molecule has 2 aliphatic rings. The van der Waals surface area contributed by atoms with Crippen molar-refractivity contribution in [2.45, 2.75) is 57.8 Å². The SMILES string of the molecule is CC(C)(C)OC(=O)N1CCN(C(=O)CCOCC2CCCO2)C(c2ccncc2)C1. The molecule has 3 rings (SSSR count). The lowest BCUT2D eigenvalue weighted by atomic mass is 10.0. The van der Waals surface area contributed by atoms with Crippen molar-refractivity contribution in [3.05, 3.63) is 30.1 Å². The second-order valence-electron chi connectivity index (χ2n) is 8.77. The number of amides is 2. The summed E-state index contributed by atoms with van der Waals surface area (Å²) in [5, 5.41) is 0. The largest absolute Gasteiger partial charge is 0.444 e. The number of rotatable bonds is 6. The minimum atomic E-state index is -0.559. The smallest absolute Gasteiger partial charge is 0.410 e. The van der Waals surface area contributed by atoms with Crippen LogP contribution in [0, 0.1) is 0 Å².